The van der Waals surface area contributed by atoms with Crippen molar-refractivity contribution in [2.75, 3.05) is 0 Å². The number of halogens is 3. The fourth-order valence-corrected chi connectivity index (χ4v) is 2.64. The fourth-order valence-electron chi connectivity index (χ4n) is 2.64. The maximum atomic E-state index is 12.4. The average molecular weight is 335 g/mol. The Morgan fingerprint density at radius 3 is 2.64 bits per heavy atom. The third-order valence-corrected chi connectivity index (χ3v) is 3.82. The second-order valence-electron chi connectivity index (χ2n) is 5.54. The molecule has 1 aliphatic rings. The summed E-state index contributed by atoms with van der Waals surface area (Å²) < 4.78 is 29.2. The minimum absolute atomic E-state index is 0. The van der Waals surface area contributed by atoms with Crippen LogP contribution in [-0.2, 0) is 11.3 Å². The lowest BCUT2D eigenvalue weighted by atomic mass is 9.98. The van der Waals surface area contributed by atoms with Gasteiger partial charge in [0.2, 0.25) is 5.91 Å². The Hall–Kier alpha value is -1.40. The van der Waals surface area contributed by atoms with Crippen LogP contribution in [0.4, 0.5) is 8.78 Å². The zero-order valence-electron chi connectivity index (χ0n) is 12.4. The van der Waals surface area contributed by atoms with E-state index >= 15 is 0 Å². The molecule has 0 radical (unpaired) electrons. The van der Waals surface area contributed by atoms with E-state index in [0.717, 1.165) is 18.4 Å². The van der Waals surface area contributed by atoms with E-state index in [-0.39, 0.29) is 30.6 Å². The number of hydrogen-bond acceptors (Lipinski definition) is 3. The Morgan fingerprint density at radius 2 is 2.05 bits per heavy atom. The first kappa shape index (κ1) is 18.6. The number of benzene rings is 1. The number of nitrogens with one attached hydrogen (secondary N) is 1. The number of ether oxygens (including phenoxy) is 1. The highest BCUT2D eigenvalue weighted by molar-refractivity contribution is 5.86. The van der Waals surface area contributed by atoms with E-state index in [1.807, 2.05) is 6.92 Å². The third kappa shape index (κ3) is 4.55. The highest BCUT2D eigenvalue weighted by Crippen LogP contribution is 2.28. The van der Waals surface area contributed by atoms with Crippen molar-refractivity contribution in [3.8, 4) is 5.75 Å². The molecule has 1 aromatic rings. The van der Waals surface area contributed by atoms with E-state index in [1.54, 1.807) is 12.1 Å². The quantitative estimate of drug-likeness (QED) is 0.870. The van der Waals surface area contributed by atoms with Crippen LogP contribution in [-0.4, -0.2) is 18.1 Å². The van der Waals surface area contributed by atoms with Gasteiger partial charge >= 0.3 is 6.61 Å². The molecule has 7 heteroatoms. The Kier molecular flexibility index (Phi) is 6.56. The molecule has 1 aromatic carbocycles. The van der Waals surface area contributed by atoms with Gasteiger partial charge in [-0.2, -0.15) is 8.78 Å². The maximum absolute atomic E-state index is 12.4. The molecule has 2 rings (SSSR count). The third-order valence-electron chi connectivity index (χ3n) is 3.82. The lowest BCUT2D eigenvalue weighted by Gasteiger charge is -2.22. The normalized spacial score (nSPS) is 16.2. The molecule has 22 heavy (non-hydrogen) atoms. The summed E-state index contributed by atoms with van der Waals surface area (Å²) in [6.45, 7) is -0.918. The minimum atomic E-state index is -2.89. The molecule has 124 valence electrons. The maximum Gasteiger partial charge on any atom is 0.387 e. The largest absolute Gasteiger partial charge is 0.434 e. The monoisotopic (exact) mass is 334 g/mol. The summed E-state index contributed by atoms with van der Waals surface area (Å²) >= 11 is 0. The van der Waals surface area contributed by atoms with Gasteiger partial charge in [0.1, 0.15) is 5.75 Å². The Morgan fingerprint density at radius 1 is 1.41 bits per heavy atom. The van der Waals surface area contributed by atoms with Crippen molar-refractivity contribution in [3.63, 3.8) is 0 Å². The molecule has 1 saturated carbocycles. The first-order valence-electron chi connectivity index (χ1n) is 7.02. The van der Waals surface area contributed by atoms with Gasteiger partial charge in [0.05, 0.1) is 5.54 Å². The number of hydrogen-bond donors (Lipinski definition) is 2. The van der Waals surface area contributed by atoms with Gasteiger partial charge in [-0.05, 0) is 25.8 Å². The van der Waals surface area contributed by atoms with Crippen molar-refractivity contribution in [1.82, 2.24) is 5.32 Å². The zero-order chi connectivity index (χ0) is 15.5. The molecule has 0 atom stereocenters. The highest BCUT2D eigenvalue weighted by Gasteiger charge is 2.36. The van der Waals surface area contributed by atoms with Gasteiger partial charge in [-0.15, -0.1) is 12.4 Å². The standard InChI is InChI=1S/C15H20F2N2O2.ClH/c1-10-4-5-12(21-14(16)17)11(8-10)9-19-13(20)15(18)6-2-3-7-15;/h4-5,8,14H,2-3,6-7,9,18H2,1H3,(H,19,20);1H. The lowest BCUT2D eigenvalue weighted by molar-refractivity contribution is -0.126. The zero-order valence-corrected chi connectivity index (χ0v) is 13.2. The van der Waals surface area contributed by atoms with Crippen LogP contribution < -0.4 is 15.8 Å². The summed E-state index contributed by atoms with van der Waals surface area (Å²) in [6.07, 6.45) is 3.20. The number of nitrogens with two attached hydrogens (primary N) is 1. The van der Waals surface area contributed by atoms with Gasteiger partial charge < -0.3 is 15.8 Å². The van der Waals surface area contributed by atoms with Crippen LogP contribution in [0.2, 0.25) is 0 Å². The number of aryl methyl sites for hydroxylation is 1. The number of carbonyl (C=O) groups excluding carboxylic acids is 1. The molecule has 0 spiro atoms. The summed E-state index contributed by atoms with van der Waals surface area (Å²) in [6, 6.07) is 4.89. The van der Waals surface area contributed by atoms with Crippen molar-refractivity contribution < 1.29 is 18.3 Å². The number of alkyl halides is 2. The molecule has 0 unspecified atom stereocenters. The molecule has 1 amide bonds. The molecule has 4 nitrogen and oxygen atoms in total. The summed E-state index contributed by atoms with van der Waals surface area (Å²) in [7, 11) is 0. The van der Waals surface area contributed by atoms with Crippen LogP contribution in [0.15, 0.2) is 18.2 Å². The van der Waals surface area contributed by atoms with Crippen LogP contribution >= 0.6 is 12.4 Å². The molecule has 0 aliphatic heterocycles. The van der Waals surface area contributed by atoms with Gasteiger partial charge in [-0.3, -0.25) is 4.79 Å². The lowest BCUT2D eigenvalue weighted by Crippen LogP contribution is -2.51. The first-order valence-corrected chi connectivity index (χ1v) is 7.02. The van der Waals surface area contributed by atoms with Gasteiger partial charge in [0, 0.05) is 12.1 Å². The van der Waals surface area contributed by atoms with Crippen LogP contribution in [0.25, 0.3) is 0 Å². The summed E-state index contributed by atoms with van der Waals surface area (Å²) in [5.74, 6) is -0.155. The van der Waals surface area contributed by atoms with Crippen molar-refractivity contribution in [1.29, 1.82) is 0 Å². The SMILES string of the molecule is Cc1ccc(OC(F)F)c(CNC(=O)C2(N)CCCC2)c1.Cl. The molecule has 3 N–H and O–H groups in total. The van der Waals surface area contributed by atoms with Crippen molar-refractivity contribution in [2.24, 2.45) is 5.73 Å². The molecular formula is C15H21ClF2N2O2. The van der Waals surface area contributed by atoms with Crippen molar-refractivity contribution in [2.45, 2.75) is 51.3 Å². The minimum Gasteiger partial charge on any atom is -0.434 e. The Balaban J connectivity index is 0.00000242. The Labute approximate surface area is 134 Å². The second kappa shape index (κ2) is 7.74. The van der Waals surface area contributed by atoms with Gasteiger partial charge in [0.25, 0.3) is 0 Å². The summed E-state index contributed by atoms with van der Waals surface area (Å²) in [5.41, 5.74) is 6.65. The number of carbonyl (C=O) groups is 1. The predicted molar refractivity (Wildman–Crippen MR) is 82.3 cm³/mol. The Bertz CT molecular complexity index is 520. The van der Waals surface area contributed by atoms with Crippen molar-refractivity contribution >= 4 is 18.3 Å². The molecule has 1 aliphatic carbocycles. The number of rotatable bonds is 5. The molecule has 0 heterocycles. The van der Waals surface area contributed by atoms with Gasteiger partial charge in [0.15, 0.2) is 0 Å². The predicted octanol–water partition coefficient (Wildman–Crippen LogP) is 2.91. The van der Waals surface area contributed by atoms with Crippen LogP contribution in [0.1, 0.15) is 36.8 Å². The van der Waals surface area contributed by atoms with Gasteiger partial charge in [-0.25, -0.2) is 0 Å². The first-order chi connectivity index (χ1) is 9.90. The second-order valence-corrected chi connectivity index (χ2v) is 5.54. The van der Waals surface area contributed by atoms with E-state index in [2.05, 4.69) is 10.1 Å². The molecule has 0 aromatic heterocycles. The smallest absolute Gasteiger partial charge is 0.387 e. The van der Waals surface area contributed by atoms with E-state index in [9.17, 15) is 13.6 Å². The van der Waals surface area contributed by atoms with E-state index < -0.39 is 12.2 Å². The van der Waals surface area contributed by atoms with Crippen LogP contribution in [0, 0.1) is 6.92 Å². The van der Waals surface area contributed by atoms with Crippen molar-refractivity contribution in [3.05, 3.63) is 29.3 Å². The number of amides is 1. The molecule has 1 fully saturated rings. The topological polar surface area (TPSA) is 64.3 Å². The summed E-state index contributed by atoms with van der Waals surface area (Å²) in [4.78, 5) is 12.1. The fraction of sp³-hybridized carbons (Fsp3) is 0.533. The van der Waals surface area contributed by atoms with E-state index in [1.165, 1.54) is 6.07 Å². The average Bonchev–Trinajstić information content (AvgIpc) is 2.86. The highest BCUT2D eigenvalue weighted by atomic mass is 35.5. The molecule has 0 saturated heterocycles. The van der Waals surface area contributed by atoms with E-state index in [4.69, 9.17) is 5.73 Å². The molecule has 0 bridgehead atoms. The summed E-state index contributed by atoms with van der Waals surface area (Å²) in [5, 5.41) is 2.73. The van der Waals surface area contributed by atoms with Crippen LogP contribution in [0.5, 0.6) is 5.75 Å². The van der Waals surface area contributed by atoms with Gasteiger partial charge in [-0.1, -0.05) is 30.5 Å². The van der Waals surface area contributed by atoms with Crippen LogP contribution in [0.3, 0.4) is 0 Å². The molecular weight excluding hydrogens is 314 g/mol. The van der Waals surface area contributed by atoms with E-state index in [0.29, 0.717) is 18.4 Å².